The molecule has 0 saturated carbocycles. The molecule has 0 spiro atoms. The fraction of sp³-hybridized carbons (Fsp3) is 0.200. The highest BCUT2D eigenvalue weighted by Gasteiger charge is 2.14. The SMILES string of the molecule is COc1ccc(CN(C)C(=O)c2cnccc2N)cc1. The Balaban J connectivity index is 2.09. The van der Waals surface area contributed by atoms with Gasteiger partial charge in [-0.1, -0.05) is 12.1 Å². The zero-order valence-corrected chi connectivity index (χ0v) is 11.5. The van der Waals surface area contributed by atoms with Crippen LogP contribution in [0.1, 0.15) is 15.9 Å². The zero-order valence-electron chi connectivity index (χ0n) is 11.5. The first-order valence-electron chi connectivity index (χ1n) is 6.19. The molecule has 1 aromatic heterocycles. The molecule has 1 aromatic carbocycles. The monoisotopic (exact) mass is 271 g/mol. The van der Waals surface area contributed by atoms with Crippen LogP contribution >= 0.6 is 0 Å². The third kappa shape index (κ3) is 3.06. The van der Waals surface area contributed by atoms with Gasteiger partial charge in [-0.05, 0) is 23.8 Å². The average molecular weight is 271 g/mol. The highest BCUT2D eigenvalue weighted by Crippen LogP contribution is 2.15. The predicted molar refractivity (Wildman–Crippen MR) is 77.4 cm³/mol. The van der Waals surface area contributed by atoms with Crippen molar-refractivity contribution < 1.29 is 9.53 Å². The highest BCUT2D eigenvalue weighted by atomic mass is 16.5. The van der Waals surface area contributed by atoms with E-state index in [1.807, 2.05) is 24.3 Å². The second-order valence-electron chi connectivity index (χ2n) is 4.47. The average Bonchev–Trinajstić information content (AvgIpc) is 2.48. The minimum Gasteiger partial charge on any atom is -0.497 e. The van der Waals surface area contributed by atoms with Crippen molar-refractivity contribution in [3.63, 3.8) is 0 Å². The molecule has 0 aliphatic heterocycles. The molecule has 0 aliphatic carbocycles. The van der Waals surface area contributed by atoms with Crippen LogP contribution in [0.15, 0.2) is 42.7 Å². The molecule has 0 fully saturated rings. The molecule has 0 bridgehead atoms. The molecule has 0 atom stereocenters. The van der Waals surface area contributed by atoms with Crippen LogP contribution in [-0.4, -0.2) is 29.9 Å². The summed E-state index contributed by atoms with van der Waals surface area (Å²) in [5.74, 6) is 0.644. The summed E-state index contributed by atoms with van der Waals surface area (Å²) < 4.78 is 5.10. The number of benzene rings is 1. The summed E-state index contributed by atoms with van der Waals surface area (Å²) in [5.41, 5.74) is 7.66. The number of pyridine rings is 1. The van der Waals surface area contributed by atoms with E-state index in [0.29, 0.717) is 17.8 Å². The van der Waals surface area contributed by atoms with Crippen molar-refractivity contribution in [1.82, 2.24) is 9.88 Å². The lowest BCUT2D eigenvalue weighted by Gasteiger charge is -2.18. The fourth-order valence-corrected chi connectivity index (χ4v) is 1.87. The number of anilines is 1. The molecule has 0 unspecified atom stereocenters. The van der Waals surface area contributed by atoms with Gasteiger partial charge in [0.05, 0.1) is 12.7 Å². The Morgan fingerprint density at radius 1 is 1.30 bits per heavy atom. The predicted octanol–water partition coefficient (Wildman–Crippen LogP) is 1.94. The number of hydrogen-bond donors (Lipinski definition) is 1. The van der Waals surface area contributed by atoms with Crippen molar-refractivity contribution in [2.75, 3.05) is 19.9 Å². The Bertz CT molecular complexity index is 596. The lowest BCUT2D eigenvalue weighted by atomic mass is 10.1. The van der Waals surface area contributed by atoms with Gasteiger partial charge in [0, 0.05) is 31.7 Å². The number of ether oxygens (including phenoxy) is 1. The number of hydrogen-bond acceptors (Lipinski definition) is 4. The molecule has 1 heterocycles. The summed E-state index contributed by atoms with van der Waals surface area (Å²) in [5, 5.41) is 0. The first kappa shape index (κ1) is 13.9. The third-order valence-corrected chi connectivity index (χ3v) is 3.01. The van der Waals surface area contributed by atoms with E-state index in [-0.39, 0.29) is 5.91 Å². The Kier molecular flexibility index (Phi) is 4.20. The molecule has 0 aliphatic rings. The van der Waals surface area contributed by atoms with Crippen molar-refractivity contribution >= 4 is 11.6 Å². The molecule has 1 amide bonds. The second kappa shape index (κ2) is 6.06. The van der Waals surface area contributed by atoms with Crippen molar-refractivity contribution in [2.24, 2.45) is 0 Å². The van der Waals surface area contributed by atoms with E-state index in [1.54, 1.807) is 31.3 Å². The van der Waals surface area contributed by atoms with E-state index >= 15 is 0 Å². The topological polar surface area (TPSA) is 68.5 Å². The minimum atomic E-state index is -0.147. The van der Waals surface area contributed by atoms with Crippen molar-refractivity contribution in [3.05, 3.63) is 53.9 Å². The highest BCUT2D eigenvalue weighted by molar-refractivity contribution is 5.98. The van der Waals surface area contributed by atoms with Crippen LogP contribution in [0.3, 0.4) is 0 Å². The van der Waals surface area contributed by atoms with E-state index in [2.05, 4.69) is 4.98 Å². The van der Waals surface area contributed by atoms with Gasteiger partial charge in [-0.2, -0.15) is 0 Å². The quantitative estimate of drug-likeness (QED) is 0.922. The molecule has 5 nitrogen and oxygen atoms in total. The van der Waals surface area contributed by atoms with Gasteiger partial charge in [-0.3, -0.25) is 9.78 Å². The molecule has 2 N–H and O–H groups in total. The number of nitrogens with zero attached hydrogens (tertiary/aromatic N) is 2. The molecular weight excluding hydrogens is 254 g/mol. The number of rotatable bonds is 4. The third-order valence-electron chi connectivity index (χ3n) is 3.01. The molecule has 5 heteroatoms. The Morgan fingerprint density at radius 3 is 2.60 bits per heavy atom. The number of nitrogens with two attached hydrogens (primary N) is 1. The number of methoxy groups -OCH3 is 1. The van der Waals surface area contributed by atoms with E-state index in [0.717, 1.165) is 11.3 Å². The van der Waals surface area contributed by atoms with Crippen LogP contribution in [0.2, 0.25) is 0 Å². The van der Waals surface area contributed by atoms with Crippen LogP contribution in [0, 0.1) is 0 Å². The summed E-state index contributed by atoms with van der Waals surface area (Å²) in [7, 11) is 3.36. The minimum absolute atomic E-state index is 0.147. The molecule has 104 valence electrons. The van der Waals surface area contributed by atoms with Gasteiger partial charge in [-0.15, -0.1) is 0 Å². The first-order valence-corrected chi connectivity index (χ1v) is 6.19. The molecule has 0 saturated heterocycles. The van der Waals surface area contributed by atoms with Crippen molar-refractivity contribution in [1.29, 1.82) is 0 Å². The van der Waals surface area contributed by atoms with Crippen molar-refractivity contribution in [3.8, 4) is 5.75 Å². The number of carbonyl (C=O) groups excluding carboxylic acids is 1. The number of nitrogen functional groups attached to an aromatic ring is 1. The Labute approximate surface area is 118 Å². The zero-order chi connectivity index (χ0) is 14.5. The number of amides is 1. The summed E-state index contributed by atoms with van der Waals surface area (Å²) in [6.07, 6.45) is 3.05. The summed E-state index contributed by atoms with van der Waals surface area (Å²) in [4.78, 5) is 17.8. The van der Waals surface area contributed by atoms with Crippen LogP contribution in [-0.2, 0) is 6.54 Å². The van der Waals surface area contributed by atoms with Crippen LogP contribution in [0.25, 0.3) is 0 Å². The largest absolute Gasteiger partial charge is 0.497 e. The van der Waals surface area contributed by atoms with Gasteiger partial charge < -0.3 is 15.4 Å². The number of aromatic nitrogens is 1. The second-order valence-corrected chi connectivity index (χ2v) is 4.47. The Morgan fingerprint density at radius 2 is 2.00 bits per heavy atom. The lowest BCUT2D eigenvalue weighted by molar-refractivity contribution is 0.0785. The lowest BCUT2D eigenvalue weighted by Crippen LogP contribution is -2.27. The van der Waals surface area contributed by atoms with E-state index in [1.165, 1.54) is 6.20 Å². The smallest absolute Gasteiger partial charge is 0.257 e. The normalized spacial score (nSPS) is 10.1. The van der Waals surface area contributed by atoms with Gasteiger partial charge in [-0.25, -0.2) is 0 Å². The van der Waals surface area contributed by atoms with Gasteiger partial charge in [0.15, 0.2) is 0 Å². The van der Waals surface area contributed by atoms with Crippen molar-refractivity contribution in [2.45, 2.75) is 6.54 Å². The van der Waals surface area contributed by atoms with E-state index < -0.39 is 0 Å². The standard InChI is InChI=1S/C15H17N3O2/c1-18(10-11-3-5-12(20-2)6-4-11)15(19)13-9-17-8-7-14(13)16/h3-9H,10H2,1-2H3,(H2,16,17). The maximum absolute atomic E-state index is 12.3. The summed E-state index contributed by atoms with van der Waals surface area (Å²) in [6.45, 7) is 0.497. The molecule has 0 radical (unpaired) electrons. The van der Waals surface area contributed by atoms with Crippen LogP contribution in [0.5, 0.6) is 5.75 Å². The van der Waals surface area contributed by atoms with Crippen LogP contribution < -0.4 is 10.5 Å². The maximum atomic E-state index is 12.3. The molecular formula is C15H17N3O2. The molecule has 2 rings (SSSR count). The van der Waals surface area contributed by atoms with Crippen LogP contribution in [0.4, 0.5) is 5.69 Å². The van der Waals surface area contributed by atoms with E-state index in [4.69, 9.17) is 10.5 Å². The number of carbonyl (C=O) groups is 1. The van der Waals surface area contributed by atoms with Gasteiger partial charge in [0.25, 0.3) is 5.91 Å². The van der Waals surface area contributed by atoms with E-state index in [9.17, 15) is 4.79 Å². The molecule has 20 heavy (non-hydrogen) atoms. The first-order chi connectivity index (χ1) is 9.61. The van der Waals surface area contributed by atoms with Gasteiger partial charge >= 0.3 is 0 Å². The summed E-state index contributed by atoms with van der Waals surface area (Å²) >= 11 is 0. The summed E-state index contributed by atoms with van der Waals surface area (Å²) in [6, 6.07) is 9.21. The maximum Gasteiger partial charge on any atom is 0.257 e. The Hall–Kier alpha value is -2.56. The van der Waals surface area contributed by atoms with Gasteiger partial charge in [0.1, 0.15) is 5.75 Å². The molecule has 2 aromatic rings. The fourth-order valence-electron chi connectivity index (χ4n) is 1.87. The van der Waals surface area contributed by atoms with Gasteiger partial charge in [0.2, 0.25) is 0 Å².